The Morgan fingerprint density at radius 3 is 3.16 bits per heavy atom. The second-order valence-electron chi connectivity index (χ2n) is 5.27. The van der Waals surface area contributed by atoms with Crippen LogP contribution in [0.3, 0.4) is 0 Å². The molecule has 1 N–H and O–H groups in total. The van der Waals surface area contributed by atoms with Gasteiger partial charge in [-0.25, -0.2) is 0 Å². The van der Waals surface area contributed by atoms with Crippen molar-refractivity contribution in [2.45, 2.75) is 38.8 Å². The Bertz CT molecular complexity index is 573. The van der Waals surface area contributed by atoms with Gasteiger partial charge in [0.15, 0.2) is 0 Å². The van der Waals surface area contributed by atoms with Crippen LogP contribution >= 0.6 is 0 Å². The van der Waals surface area contributed by atoms with Gasteiger partial charge < -0.3 is 5.32 Å². The Morgan fingerprint density at radius 2 is 2.32 bits per heavy atom. The molecule has 0 aromatic carbocycles. The van der Waals surface area contributed by atoms with Gasteiger partial charge in [0, 0.05) is 36.6 Å². The van der Waals surface area contributed by atoms with Crippen LogP contribution in [0.15, 0.2) is 24.4 Å². The summed E-state index contributed by atoms with van der Waals surface area (Å²) in [5.74, 6) is 0. The maximum absolute atomic E-state index is 4.54. The summed E-state index contributed by atoms with van der Waals surface area (Å²) in [6, 6.07) is 6.59. The van der Waals surface area contributed by atoms with Crippen LogP contribution in [0.4, 0.5) is 0 Å². The fourth-order valence-corrected chi connectivity index (χ4v) is 2.84. The normalized spacial score (nSPS) is 18.3. The first-order chi connectivity index (χ1) is 9.24. The van der Waals surface area contributed by atoms with Gasteiger partial charge in [-0.2, -0.15) is 5.10 Å². The summed E-state index contributed by atoms with van der Waals surface area (Å²) in [5, 5.41) is 8.00. The topological polar surface area (TPSA) is 42.7 Å². The van der Waals surface area contributed by atoms with E-state index in [1.54, 1.807) is 0 Å². The van der Waals surface area contributed by atoms with Crippen LogP contribution in [0.5, 0.6) is 0 Å². The minimum atomic E-state index is 0.416. The highest BCUT2D eigenvalue weighted by atomic mass is 15.3. The number of pyridine rings is 1. The van der Waals surface area contributed by atoms with Gasteiger partial charge in [0.05, 0.1) is 11.9 Å². The van der Waals surface area contributed by atoms with E-state index in [4.69, 9.17) is 0 Å². The maximum Gasteiger partial charge on any atom is 0.0545 e. The molecule has 4 nitrogen and oxygen atoms in total. The van der Waals surface area contributed by atoms with Crippen molar-refractivity contribution < 1.29 is 0 Å². The monoisotopic (exact) mass is 256 g/mol. The molecule has 4 heteroatoms. The van der Waals surface area contributed by atoms with Crippen molar-refractivity contribution in [1.29, 1.82) is 0 Å². The Labute approximate surface area is 113 Å². The average Bonchev–Trinajstić information content (AvgIpc) is 2.79. The number of nitrogens with zero attached hydrogens (tertiary/aromatic N) is 3. The highest BCUT2D eigenvalue weighted by molar-refractivity contribution is 5.24. The molecule has 0 aliphatic heterocycles. The van der Waals surface area contributed by atoms with Gasteiger partial charge in [-0.3, -0.25) is 9.67 Å². The molecule has 100 valence electrons. The van der Waals surface area contributed by atoms with Crippen molar-refractivity contribution >= 4 is 0 Å². The number of fused-ring (bicyclic) bond motifs is 1. The van der Waals surface area contributed by atoms with Crippen molar-refractivity contribution in [3.8, 4) is 0 Å². The predicted molar refractivity (Wildman–Crippen MR) is 74.7 cm³/mol. The lowest BCUT2D eigenvalue weighted by Gasteiger charge is -2.23. The standard InChI is InChI=1S/C15H20N4/c1-11-5-3-6-12(18-11)9-16-14-7-4-8-15-13(14)10-17-19(15)2/h3,5-6,10,14,16H,4,7-9H2,1-2H3. The lowest BCUT2D eigenvalue weighted by atomic mass is 9.93. The minimum absolute atomic E-state index is 0.416. The molecule has 1 unspecified atom stereocenters. The van der Waals surface area contributed by atoms with E-state index in [2.05, 4.69) is 27.5 Å². The van der Waals surface area contributed by atoms with E-state index in [-0.39, 0.29) is 0 Å². The third-order valence-electron chi connectivity index (χ3n) is 3.85. The van der Waals surface area contributed by atoms with E-state index in [9.17, 15) is 0 Å². The third kappa shape index (κ3) is 2.54. The van der Waals surface area contributed by atoms with Crippen LogP contribution in [-0.4, -0.2) is 14.8 Å². The van der Waals surface area contributed by atoms with Gasteiger partial charge in [0.1, 0.15) is 0 Å². The molecule has 1 aliphatic rings. The molecule has 19 heavy (non-hydrogen) atoms. The number of nitrogens with one attached hydrogen (secondary N) is 1. The van der Waals surface area contributed by atoms with Gasteiger partial charge in [-0.15, -0.1) is 0 Å². The Morgan fingerprint density at radius 1 is 1.42 bits per heavy atom. The zero-order valence-electron chi connectivity index (χ0n) is 11.6. The molecule has 0 fully saturated rings. The zero-order valence-corrected chi connectivity index (χ0v) is 11.6. The SMILES string of the molecule is Cc1cccc(CNC2CCCc3c2cnn3C)n1. The van der Waals surface area contributed by atoms with Crippen LogP contribution in [0.25, 0.3) is 0 Å². The fourth-order valence-electron chi connectivity index (χ4n) is 2.84. The summed E-state index contributed by atoms with van der Waals surface area (Å²) >= 11 is 0. The highest BCUT2D eigenvalue weighted by Crippen LogP contribution is 2.29. The number of aryl methyl sites for hydroxylation is 2. The molecule has 0 saturated carbocycles. The summed E-state index contributed by atoms with van der Waals surface area (Å²) in [6.45, 7) is 2.85. The van der Waals surface area contributed by atoms with E-state index in [0.29, 0.717) is 6.04 Å². The average molecular weight is 256 g/mol. The van der Waals surface area contributed by atoms with Gasteiger partial charge >= 0.3 is 0 Å². The molecular weight excluding hydrogens is 236 g/mol. The first-order valence-corrected chi connectivity index (χ1v) is 6.91. The van der Waals surface area contributed by atoms with Crippen molar-refractivity contribution in [3.05, 3.63) is 47.0 Å². The largest absolute Gasteiger partial charge is 0.304 e. The van der Waals surface area contributed by atoms with Crippen LogP contribution in [0, 0.1) is 6.92 Å². The van der Waals surface area contributed by atoms with E-state index in [1.165, 1.54) is 24.1 Å². The molecule has 2 aromatic rings. The van der Waals surface area contributed by atoms with Gasteiger partial charge in [0.2, 0.25) is 0 Å². The number of rotatable bonds is 3. The molecular formula is C15H20N4. The summed E-state index contributed by atoms with van der Waals surface area (Å²) in [6.07, 6.45) is 5.57. The zero-order chi connectivity index (χ0) is 13.2. The highest BCUT2D eigenvalue weighted by Gasteiger charge is 2.22. The molecule has 0 amide bonds. The fraction of sp³-hybridized carbons (Fsp3) is 0.467. The summed E-state index contributed by atoms with van der Waals surface area (Å²) in [7, 11) is 2.03. The maximum atomic E-state index is 4.54. The van der Waals surface area contributed by atoms with Crippen molar-refractivity contribution in [2.24, 2.45) is 7.05 Å². The minimum Gasteiger partial charge on any atom is -0.304 e. The van der Waals surface area contributed by atoms with Crippen LogP contribution in [-0.2, 0) is 20.0 Å². The van der Waals surface area contributed by atoms with E-state index in [1.807, 2.05) is 30.9 Å². The quantitative estimate of drug-likeness (QED) is 0.916. The molecule has 0 bridgehead atoms. The van der Waals surface area contributed by atoms with Crippen molar-refractivity contribution in [1.82, 2.24) is 20.1 Å². The molecule has 0 spiro atoms. The Kier molecular flexibility index (Phi) is 3.34. The summed E-state index contributed by atoms with van der Waals surface area (Å²) in [5.41, 5.74) is 4.92. The molecule has 0 saturated heterocycles. The Hall–Kier alpha value is -1.68. The molecule has 2 heterocycles. The van der Waals surface area contributed by atoms with Crippen LogP contribution in [0.2, 0.25) is 0 Å². The first kappa shape index (κ1) is 12.4. The van der Waals surface area contributed by atoms with E-state index >= 15 is 0 Å². The van der Waals surface area contributed by atoms with E-state index < -0.39 is 0 Å². The second kappa shape index (κ2) is 5.13. The lowest BCUT2D eigenvalue weighted by molar-refractivity contribution is 0.449. The Balaban J connectivity index is 1.71. The van der Waals surface area contributed by atoms with Gasteiger partial charge in [0.25, 0.3) is 0 Å². The second-order valence-corrected chi connectivity index (χ2v) is 5.27. The first-order valence-electron chi connectivity index (χ1n) is 6.91. The van der Waals surface area contributed by atoms with Gasteiger partial charge in [-0.1, -0.05) is 6.07 Å². The van der Waals surface area contributed by atoms with Gasteiger partial charge in [-0.05, 0) is 38.3 Å². The predicted octanol–water partition coefficient (Wildman–Crippen LogP) is 2.29. The summed E-state index contributed by atoms with van der Waals surface area (Å²) < 4.78 is 2.01. The lowest BCUT2D eigenvalue weighted by Crippen LogP contribution is -2.25. The number of hydrogen-bond acceptors (Lipinski definition) is 3. The van der Waals surface area contributed by atoms with E-state index in [0.717, 1.165) is 24.4 Å². The van der Waals surface area contributed by atoms with Crippen LogP contribution in [0.1, 0.15) is 41.5 Å². The molecule has 1 aliphatic carbocycles. The van der Waals surface area contributed by atoms with Crippen molar-refractivity contribution in [3.63, 3.8) is 0 Å². The van der Waals surface area contributed by atoms with Crippen LogP contribution < -0.4 is 5.32 Å². The smallest absolute Gasteiger partial charge is 0.0545 e. The van der Waals surface area contributed by atoms with Crippen molar-refractivity contribution in [2.75, 3.05) is 0 Å². The third-order valence-corrected chi connectivity index (χ3v) is 3.85. The molecule has 1 atom stereocenters. The number of aromatic nitrogens is 3. The summed E-state index contributed by atoms with van der Waals surface area (Å²) in [4.78, 5) is 4.54. The number of hydrogen-bond donors (Lipinski definition) is 1. The molecule has 3 rings (SSSR count). The molecule has 0 radical (unpaired) electrons. The molecule has 2 aromatic heterocycles.